The lowest BCUT2D eigenvalue weighted by Crippen LogP contribution is -2.41. The van der Waals surface area contributed by atoms with Crippen LogP contribution in [0.2, 0.25) is 0 Å². The molecule has 0 aromatic heterocycles. The first-order valence-corrected chi connectivity index (χ1v) is 7.77. The van der Waals surface area contributed by atoms with Gasteiger partial charge >= 0.3 is 7.12 Å². The van der Waals surface area contributed by atoms with Crippen LogP contribution < -0.4 is 10.2 Å². The van der Waals surface area contributed by atoms with Crippen molar-refractivity contribution in [1.82, 2.24) is 0 Å². The van der Waals surface area contributed by atoms with E-state index >= 15 is 0 Å². The molecule has 2 aliphatic rings. The molecule has 0 saturated carbocycles. The summed E-state index contributed by atoms with van der Waals surface area (Å²) in [5, 5.41) is 9.67. The van der Waals surface area contributed by atoms with Gasteiger partial charge in [-0.2, -0.15) is 0 Å². The highest BCUT2D eigenvalue weighted by Gasteiger charge is 2.51. The predicted octanol–water partition coefficient (Wildman–Crippen LogP) is 1.26. The van der Waals surface area contributed by atoms with Gasteiger partial charge in [-0.15, -0.1) is 0 Å². The van der Waals surface area contributed by atoms with Crippen molar-refractivity contribution < 1.29 is 28.3 Å². The van der Waals surface area contributed by atoms with Gasteiger partial charge in [0, 0.05) is 0 Å². The molecule has 7 heteroatoms. The van der Waals surface area contributed by atoms with Crippen molar-refractivity contribution in [3.05, 3.63) is 24.0 Å². The molecule has 3 rings (SSSR count). The van der Waals surface area contributed by atoms with Crippen LogP contribution in [-0.4, -0.2) is 48.8 Å². The molecular weight excluding hydrogens is 302 g/mol. The van der Waals surface area contributed by atoms with Gasteiger partial charge in [-0.05, 0) is 45.3 Å². The molecule has 1 aromatic rings. The lowest BCUT2D eigenvalue weighted by atomic mass is 9.79. The van der Waals surface area contributed by atoms with Crippen molar-refractivity contribution in [3.63, 3.8) is 0 Å². The van der Waals surface area contributed by atoms with Crippen molar-refractivity contribution >= 4 is 12.6 Å². The fourth-order valence-electron chi connectivity index (χ4n) is 2.54. The molecular formula is C16H22BFO5. The van der Waals surface area contributed by atoms with Gasteiger partial charge in [-0.25, -0.2) is 4.39 Å². The first-order chi connectivity index (χ1) is 10.7. The summed E-state index contributed by atoms with van der Waals surface area (Å²) >= 11 is 0. The van der Waals surface area contributed by atoms with Crippen molar-refractivity contribution in [2.24, 2.45) is 0 Å². The van der Waals surface area contributed by atoms with Gasteiger partial charge in [0.15, 0.2) is 17.7 Å². The van der Waals surface area contributed by atoms with Crippen LogP contribution in [0.15, 0.2) is 18.2 Å². The van der Waals surface area contributed by atoms with E-state index in [1.807, 2.05) is 27.7 Å². The van der Waals surface area contributed by atoms with E-state index in [1.54, 1.807) is 6.07 Å². The van der Waals surface area contributed by atoms with Crippen molar-refractivity contribution in [2.45, 2.75) is 51.1 Å². The van der Waals surface area contributed by atoms with Gasteiger partial charge < -0.3 is 23.9 Å². The van der Waals surface area contributed by atoms with Crippen LogP contribution in [0.1, 0.15) is 27.7 Å². The normalized spacial score (nSPS) is 29.0. The first kappa shape index (κ1) is 16.7. The van der Waals surface area contributed by atoms with E-state index in [0.29, 0.717) is 5.46 Å². The molecule has 0 spiro atoms. The topological polar surface area (TPSA) is 57.2 Å². The number of halogens is 1. The van der Waals surface area contributed by atoms with E-state index in [1.165, 1.54) is 12.1 Å². The Morgan fingerprint density at radius 3 is 2.35 bits per heavy atom. The molecule has 23 heavy (non-hydrogen) atoms. The Balaban J connectivity index is 1.75. The number of benzene rings is 1. The molecule has 1 aromatic carbocycles. The molecule has 2 atom stereocenters. The Bertz CT molecular complexity index is 576. The van der Waals surface area contributed by atoms with E-state index < -0.39 is 36.3 Å². The summed E-state index contributed by atoms with van der Waals surface area (Å²) in [7, 11) is -0.621. The number of aliphatic hydroxyl groups excluding tert-OH is 1. The Hall–Kier alpha value is -1.15. The number of hydrogen-bond acceptors (Lipinski definition) is 5. The molecule has 126 valence electrons. The molecule has 5 nitrogen and oxygen atoms in total. The van der Waals surface area contributed by atoms with Crippen LogP contribution in [-0.2, 0) is 14.0 Å². The standard InChI is InChI=1S/C16H22BFO5/c1-15(2)16(3,4)23-17(22-15)10-5-6-13(11(18)7-10)21-14-9-20-8-12(14)19/h5-7,12,14,19H,8-9H2,1-4H3/t12-,14-/m1/s1. The Kier molecular flexibility index (Phi) is 4.17. The van der Waals surface area contributed by atoms with E-state index in [-0.39, 0.29) is 19.0 Å². The molecule has 1 N–H and O–H groups in total. The van der Waals surface area contributed by atoms with E-state index in [0.717, 1.165) is 0 Å². The fourth-order valence-corrected chi connectivity index (χ4v) is 2.54. The van der Waals surface area contributed by atoms with Crippen LogP contribution in [0.5, 0.6) is 5.75 Å². The number of aliphatic hydroxyl groups is 1. The molecule has 0 amide bonds. The van der Waals surface area contributed by atoms with Crippen LogP contribution in [0.25, 0.3) is 0 Å². The quantitative estimate of drug-likeness (QED) is 0.849. The monoisotopic (exact) mass is 324 g/mol. The summed E-state index contributed by atoms with van der Waals surface area (Å²) in [6, 6.07) is 4.59. The third-order valence-corrected chi connectivity index (χ3v) is 4.76. The summed E-state index contributed by atoms with van der Waals surface area (Å²) in [5.41, 5.74) is -0.361. The van der Waals surface area contributed by atoms with Gasteiger partial charge in [-0.3, -0.25) is 0 Å². The highest BCUT2D eigenvalue weighted by atomic mass is 19.1. The largest absolute Gasteiger partial charge is 0.494 e. The zero-order valence-electron chi connectivity index (χ0n) is 13.8. The zero-order chi connectivity index (χ0) is 16.8. The maximum atomic E-state index is 14.3. The highest BCUT2D eigenvalue weighted by molar-refractivity contribution is 6.62. The molecule has 2 aliphatic heterocycles. The molecule has 0 bridgehead atoms. The second-order valence-corrected chi connectivity index (χ2v) is 7.04. The average molecular weight is 324 g/mol. The minimum absolute atomic E-state index is 0.0832. The zero-order valence-corrected chi connectivity index (χ0v) is 13.8. The van der Waals surface area contributed by atoms with Crippen LogP contribution in [0.3, 0.4) is 0 Å². The maximum absolute atomic E-state index is 14.3. The SMILES string of the molecule is CC1(C)OB(c2ccc(O[C@@H]3COC[C@H]3O)c(F)c2)OC1(C)C. The van der Waals surface area contributed by atoms with Crippen LogP contribution in [0, 0.1) is 5.82 Å². The minimum atomic E-state index is -0.739. The molecule has 0 radical (unpaired) electrons. The second-order valence-electron chi connectivity index (χ2n) is 7.04. The number of hydrogen-bond donors (Lipinski definition) is 1. The fraction of sp³-hybridized carbons (Fsp3) is 0.625. The maximum Gasteiger partial charge on any atom is 0.494 e. The van der Waals surface area contributed by atoms with Crippen molar-refractivity contribution in [3.8, 4) is 5.75 Å². The Morgan fingerprint density at radius 1 is 1.17 bits per heavy atom. The van der Waals surface area contributed by atoms with E-state index in [9.17, 15) is 9.50 Å². The minimum Gasteiger partial charge on any atom is -0.482 e. The van der Waals surface area contributed by atoms with Gasteiger partial charge in [0.25, 0.3) is 0 Å². The van der Waals surface area contributed by atoms with E-state index in [2.05, 4.69) is 0 Å². The molecule has 2 saturated heterocycles. The average Bonchev–Trinajstić information content (AvgIpc) is 2.93. The van der Waals surface area contributed by atoms with Gasteiger partial charge in [0.05, 0.1) is 24.4 Å². The highest BCUT2D eigenvalue weighted by Crippen LogP contribution is 2.36. The second kappa shape index (κ2) is 5.74. The predicted molar refractivity (Wildman–Crippen MR) is 83.4 cm³/mol. The Morgan fingerprint density at radius 2 is 1.83 bits per heavy atom. The van der Waals surface area contributed by atoms with Gasteiger partial charge in [0.1, 0.15) is 6.10 Å². The number of rotatable bonds is 3. The number of ether oxygens (including phenoxy) is 2. The first-order valence-electron chi connectivity index (χ1n) is 7.77. The molecule has 0 unspecified atom stereocenters. The summed E-state index contributed by atoms with van der Waals surface area (Å²) in [5.74, 6) is -0.434. The van der Waals surface area contributed by atoms with E-state index in [4.69, 9.17) is 18.8 Å². The lowest BCUT2D eigenvalue weighted by Gasteiger charge is -2.32. The third kappa shape index (κ3) is 3.11. The van der Waals surface area contributed by atoms with Crippen LogP contribution in [0.4, 0.5) is 4.39 Å². The third-order valence-electron chi connectivity index (χ3n) is 4.76. The lowest BCUT2D eigenvalue weighted by molar-refractivity contribution is 0.00578. The van der Waals surface area contributed by atoms with Gasteiger partial charge in [0.2, 0.25) is 0 Å². The summed E-state index contributed by atoms with van der Waals surface area (Å²) < 4.78 is 36.7. The smallest absolute Gasteiger partial charge is 0.482 e. The summed E-state index contributed by atoms with van der Waals surface area (Å²) in [4.78, 5) is 0. The Labute approximate surface area is 135 Å². The van der Waals surface area contributed by atoms with Gasteiger partial charge in [-0.1, -0.05) is 6.07 Å². The molecule has 0 aliphatic carbocycles. The summed E-state index contributed by atoms with van der Waals surface area (Å²) in [6.45, 7) is 8.24. The molecule has 2 fully saturated rings. The summed E-state index contributed by atoms with van der Waals surface area (Å²) in [6.07, 6.45) is -1.29. The van der Waals surface area contributed by atoms with Crippen molar-refractivity contribution in [1.29, 1.82) is 0 Å². The van der Waals surface area contributed by atoms with Crippen LogP contribution >= 0.6 is 0 Å². The molecule has 2 heterocycles. The van der Waals surface area contributed by atoms with Crippen molar-refractivity contribution in [2.75, 3.05) is 13.2 Å².